The van der Waals surface area contributed by atoms with Crippen LogP contribution in [0.25, 0.3) is 0 Å². The number of hydrogen-bond donors (Lipinski definition) is 1. The van der Waals surface area contributed by atoms with Gasteiger partial charge in [-0.15, -0.1) is 0 Å². The fourth-order valence-corrected chi connectivity index (χ4v) is 3.15. The predicted octanol–water partition coefficient (Wildman–Crippen LogP) is 6.34. The molecular formula is C21H34O2. The molecule has 1 unspecified atom stereocenters. The van der Waals surface area contributed by atoms with Gasteiger partial charge in [0.2, 0.25) is 0 Å². The molecule has 0 heterocycles. The number of hydrogen-bond acceptors (Lipinski definition) is 1. The molecule has 0 aliphatic heterocycles. The van der Waals surface area contributed by atoms with E-state index < -0.39 is 11.4 Å². The van der Waals surface area contributed by atoms with Crippen LogP contribution >= 0.6 is 0 Å². The molecule has 0 spiro atoms. The number of aliphatic carboxylic acids is 1. The van der Waals surface area contributed by atoms with E-state index in [1.54, 1.807) is 0 Å². The van der Waals surface area contributed by atoms with Gasteiger partial charge in [-0.3, -0.25) is 4.79 Å². The maximum atomic E-state index is 11.7. The predicted molar refractivity (Wildman–Crippen MR) is 97.9 cm³/mol. The third-order valence-electron chi connectivity index (χ3n) is 4.91. The van der Waals surface area contributed by atoms with Crippen molar-refractivity contribution in [2.24, 2.45) is 0 Å². The summed E-state index contributed by atoms with van der Waals surface area (Å²) in [5.74, 6) is -0.709. The van der Waals surface area contributed by atoms with E-state index in [0.717, 1.165) is 24.8 Å². The van der Waals surface area contributed by atoms with Crippen molar-refractivity contribution >= 4 is 5.97 Å². The highest BCUT2D eigenvalue weighted by molar-refractivity contribution is 5.80. The average Bonchev–Trinajstić information content (AvgIpc) is 2.57. The van der Waals surface area contributed by atoms with Crippen molar-refractivity contribution in [2.45, 2.75) is 89.9 Å². The Morgan fingerprint density at radius 2 is 1.35 bits per heavy atom. The van der Waals surface area contributed by atoms with Crippen LogP contribution in [0.1, 0.15) is 90.0 Å². The Morgan fingerprint density at radius 3 is 1.83 bits per heavy atom. The maximum Gasteiger partial charge on any atom is 0.313 e. The van der Waals surface area contributed by atoms with Crippen LogP contribution in [0.2, 0.25) is 0 Å². The Labute approximate surface area is 142 Å². The van der Waals surface area contributed by atoms with Gasteiger partial charge in [0.1, 0.15) is 0 Å². The van der Waals surface area contributed by atoms with Gasteiger partial charge in [-0.1, -0.05) is 101 Å². The van der Waals surface area contributed by atoms with Gasteiger partial charge >= 0.3 is 5.97 Å². The Bertz CT molecular complexity index is 427. The van der Waals surface area contributed by atoms with Crippen LogP contribution < -0.4 is 0 Å². The molecule has 2 nitrogen and oxygen atoms in total. The molecule has 1 rings (SSSR count). The summed E-state index contributed by atoms with van der Waals surface area (Å²) in [6.07, 6.45) is 13.5. The molecule has 0 radical (unpaired) electrons. The fourth-order valence-electron chi connectivity index (χ4n) is 3.15. The molecule has 1 aromatic carbocycles. The van der Waals surface area contributed by atoms with Crippen molar-refractivity contribution in [1.29, 1.82) is 0 Å². The van der Waals surface area contributed by atoms with Crippen LogP contribution in [-0.4, -0.2) is 11.1 Å². The Hall–Kier alpha value is -1.31. The smallest absolute Gasteiger partial charge is 0.313 e. The first kappa shape index (κ1) is 19.7. The normalized spacial score (nSPS) is 13.7. The van der Waals surface area contributed by atoms with Crippen molar-refractivity contribution in [3.8, 4) is 0 Å². The van der Waals surface area contributed by atoms with Crippen molar-refractivity contribution < 1.29 is 9.90 Å². The molecule has 0 saturated heterocycles. The lowest BCUT2D eigenvalue weighted by atomic mass is 9.78. The van der Waals surface area contributed by atoms with Gasteiger partial charge in [-0.05, 0) is 18.9 Å². The minimum atomic E-state index is -0.749. The van der Waals surface area contributed by atoms with Crippen molar-refractivity contribution in [3.63, 3.8) is 0 Å². The number of carboxylic acid groups (broad SMARTS) is 1. The zero-order chi connectivity index (χ0) is 17.0. The standard InChI is InChI=1S/C21H34O2/c1-3-4-5-6-7-8-9-10-11-15-18-21(2,20(22)23)19-16-13-12-14-17-19/h12-14,16-17H,3-11,15,18H2,1-2H3,(H,22,23). The molecule has 1 aromatic rings. The Morgan fingerprint density at radius 1 is 0.870 bits per heavy atom. The maximum absolute atomic E-state index is 11.7. The van der Waals surface area contributed by atoms with Crippen LogP contribution in [0.15, 0.2) is 30.3 Å². The van der Waals surface area contributed by atoms with Gasteiger partial charge in [-0.2, -0.15) is 0 Å². The van der Waals surface area contributed by atoms with Gasteiger partial charge in [0.25, 0.3) is 0 Å². The fraction of sp³-hybridized carbons (Fsp3) is 0.667. The van der Waals surface area contributed by atoms with Crippen molar-refractivity contribution in [1.82, 2.24) is 0 Å². The van der Waals surface area contributed by atoms with Gasteiger partial charge in [0.05, 0.1) is 5.41 Å². The first-order chi connectivity index (χ1) is 11.1. The van der Waals surface area contributed by atoms with E-state index in [0.29, 0.717) is 0 Å². The number of benzene rings is 1. The summed E-state index contributed by atoms with van der Waals surface area (Å²) < 4.78 is 0. The molecular weight excluding hydrogens is 284 g/mol. The van der Waals surface area contributed by atoms with Gasteiger partial charge < -0.3 is 5.11 Å². The molecule has 0 aliphatic carbocycles. The molecule has 1 N–H and O–H groups in total. The van der Waals surface area contributed by atoms with E-state index in [1.807, 2.05) is 37.3 Å². The average molecular weight is 319 g/mol. The highest BCUT2D eigenvalue weighted by Gasteiger charge is 2.34. The SMILES string of the molecule is CCCCCCCCCCCCC(C)(C(=O)O)c1ccccc1. The first-order valence-electron chi connectivity index (χ1n) is 9.40. The van der Waals surface area contributed by atoms with E-state index in [4.69, 9.17) is 0 Å². The molecule has 0 fully saturated rings. The zero-order valence-electron chi connectivity index (χ0n) is 15.0. The second-order valence-corrected chi connectivity index (χ2v) is 6.94. The highest BCUT2D eigenvalue weighted by Crippen LogP contribution is 2.30. The molecule has 23 heavy (non-hydrogen) atoms. The molecule has 2 heteroatoms. The summed E-state index contributed by atoms with van der Waals surface area (Å²) in [6.45, 7) is 4.11. The summed E-state index contributed by atoms with van der Waals surface area (Å²) in [4.78, 5) is 11.7. The van der Waals surface area contributed by atoms with Crippen LogP contribution in [-0.2, 0) is 10.2 Å². The summed E-state index contributed by atoms with van der Waals surface area (Å²) in [5.41, 5.74) is 0.171. The van der Waals surface area contributed by atoms with Crippen LogP contribution in [0.5, 0.6) is 0 Å². The first-order valence-corrected chi connectivity index (χ1v) is 9.40. The topological polar surface area (TPSA) is 37.3 Å². The third-order valence-corrected chi connectivity index (χ3v) is 4.91. The second-order valence-electron chi connectivity index (χ2n) is 6.94. The lowest BCUT2D eigenvalue weighted by Gasteiger charge is -2.25. The number of rotatable bonds is 13. The van der Waals surface area contributed by atoms with Gasteiger partial charge in [0, 0.05) is 0 Å². The minimum Gasteiger partial charge on any atom is -0.481 e. The summed E-state index contributed by atoms with van der Waals surface area (Å²) in [6, 6.07) is 9.66. The monoisotopic (exact) mass is 318 g/mol. The van der Waals surface area contributed by atoms with E-state index >= 15 is 0 Å². The second kappa shape index (κ2) is 11.3. The van der Waals surface area contributed by atoms with Crippen molar-refractivity contribution in [2.75, 3.05) is 0 Å². The molecule has 0 aromatic heterocycles. The molecule has 130 valence electrons. The molecule has 0 saturated carbocycles. The van der Waals surface area contributed by atoms with Crippen LogP contribution in [0.4, 0.5) is 0 Å². The minimum absolute atomic E-state index is 0.709. The van der Waals surface area contributed by atoms with Gasteiger partial charge in [0.15, 0.2) is 0 Å². The summed E-state index contributed by atoms with van der Waals surface area (Å²) in [7, 11) is 0. The van der Waals surface area contributed by atoms with E-state index in [1.165, 1.54) is 51.4 Å². The Kier molecular flexibility index (Phi) is 9.66. The molecule has 0 amide bonds. The summed E-state index contributed by atoms with van der Waals surface area (Å²) >= 11 is 0. The number of carboxylic acids is 1. The number of carbonyl (C=O) groups is 1. The van der Waals surface area contributed by atoms with Crippen LogP contribution in [0.3, 0.4) is 0 Å². The van der Waals surface area contributed by atoms with E-state index in [9.17, 15) is 9.90 Å². The molecule has 0 aliphatic rings. The van der Waals surface area contributed by atoms with Gasteiger partial charge in [-0.25, -0.2) is 0 Å². The third kappa shape index (κ3) is 7.20. The lowest BCUT2D eigenvalue weighted by Crippen LogP contribution is -2.32. The molecule has 0 bridgehead atoms. The lowest BCUT2D eigenvalue weighted by molar-refractivity contribution is -0.143. The van der Waals surface area contributed by atoms with Crippen LogP contribution in [0, 0.1) is 0 Å². The van der Waals surface area contributed by atoms with E-state index in [-0.39, 0.29) is 0 Å². The van der Waals surface area contributed by atoms with Crippen molar-refractivity contribution in [3.05, 3.63) is 35.9 Å². The largest absolute Gasteiger partial charge is 0.481 e. The highest BCUT2D eigenvalue weighted by atomic mass is 16.4. The zero-order valence-corrected chi connectivity index (χ0v) is 15.0. The quantitative estimate of drug-likeness (QED) is 0.431. The van der Waals surface area contributed by atoms with E-state index in [2.05, 4.69) is 6.92 Å². The molecule has 1 atom stereocenters. The Balaban J connectivity index is 2.21. The summed E-state index contributed by atoms with van der Waals surface area (Å²) in [5, 5.41) is 9.63. The number of unbranched alkanes of at least 4 members (excludes halogenated alkanes) is 9.